The molecule has 5 heteroatoms. The molecule has 106 valence electrons. The van der Waals surface area contributed by atoms with Crippen LogP contribution in [0.4, 0.5) is 0 Å². The van der Waals surface area contributed by atoms with Crippen molar-refractivity contribution in [3.8, 4) is 6.07 Å². The number of nitrogens with one attached hydrogen (secondary N) is 1. The molecule has 2 rings (SSSR count). The zero-order chi connectivity index (χ0) is 14.5. The average molecular weight is 289 g/mol. The molecule has 0 saturated carbocycles. The number of imidazole rings is 1. The van der Waals surface area contributed by atoms with E-state index in [2.05, 4.69) is 15.6 Å². The van der Waals surface area contributed by atoms with Gasteiger partial charge in [0.25, 0.3) is 0 Å². The molecule has 0 bridgehead atoms. The molecule has 1 aromatic heterocycles. The fraction of sp³-hybridized carbons (Fsp3) is 0.467. The minimum atomic E-state index is 0.281. The number of rotatable bonds is 6. The average Bonchev–Trinajstić information content (AvgIpc) is 2.73. The van der Waals surface area contributed by atoms with Crippen LogP contribution < -0.4 is 0 Å². The molecule has 0 aliphatic heterocycles. The van der Waals surface area contributed by atoms with Crippen LogP contribution in [0.2, 0.25) is 0 Å². The Balaban J connectivity index is 2.07. The minimum absolute atomic E-state index is 0.281. The third kappa shape index (κ3) is 3.47. The molecular formula is C15H19N3OS. The smallest absolute Gasteiger partial charge is 0.178 e. The van der Waals surface area contributed by atoms with Gasteiger partial charge in [-0.1, -0.05) is 0 Å². The number of unbranched alkanes of at least 4 members (excludes halogenated alkanes) is 1. The van der Waals surface area contributed by atoms with E-state index in [1.807, 2.05) is 26.0 Å². The molecule has 0 saturated heterocycles. The Bertz CT molecular complexity index is 678. The Morgan fingerprint density at radius 1 is 1.40 bits per heavy atom. The lowest BCUT2D eigenvalue weighted by Gasteiger charge is -2.08. The van der Waals surface area contributed by atoms with Crippen molar-refractivity contribution in [2.24, 2.45) is 0 Å². The predicted molar refractivity (Wildman–Crippen MR) is 82.2 cm³/mol. The first kappa shape index (κ1) is 14.8. The summed E-state index contributed by atoms with van der Waals surface area (Å²) >= 11 is 5.35. The van der Waals surface area contributed by atoms with Gasteiger partial charge in [-0.25, -0.2) is 0 Å². The van der Waals surface area contributed by atoms with Gasteiger partial charge in [0.15, 0.2) is 4.77 Å². The number of aryl methyl sites for hydroxylation is 1. The zero-order valence-corrected chi connectivity index (χ0v) is 12.7. The van der Waals surface area contributed by atoms with Gasteiger partial charge < -0.3 is 14.3 Å². The number of aromatic nitrogens is 2. The number of nitrogens with zero attached hydrogens (tertiary/aromatic N) is 2. The van der Waals surface area contributed by atoms with Crippen molar-refractivity contribution in [2.75, 3.05) is 6.61 Å². The third-order valence-electron chi connectivity index (χ3n) is 3.13. The molecule has 0 unspecified atom stereocenters. The highest BCUT2D eigenvalue weighted by Gasteiger charge is 2.05. The van der Waals surface area contributed by atoms with Crippen LogP contribution >= 0.6 is 12.2 Å². The molecular weight excluding hydrogens is 270 g/mol. The van der Waals surface area contributed by atoms with Crippen LogP contribution in [0.1, 0.15) is 32.3 Å². The van der Waals surface area contributed by atoms with Gasteiger partial charge in [-0.15, -0.1) is 0 Å². The molecule has 0 amide bonds. The predicted octanol–water partition coefficient (Wildman–Crippen LogP) is 3.78. The quantitative estimate of drug-likeness (QED) is 0.650. The van der Waals surface area contributed by atoms with Crippen LogP contribution in [-0.4, -0.2) is 22.3 Å². The molecule has 0 radical (unpaired) electrons. The van der Waals surface area contributed by atoms with Crippen LogP contribution in [0.25, 0.3) is 11.0 Å². The standard InChI is InChI=1S/C15H19N3OS/c1-11(2)19-8-4-3-7-18-14-9-12(10-16)5-6-13(14)17-15(18)20/h5-6,9,11H,3-4,7-8H2,1-2H3,(H,17,20). The second-order valence-corrected chi connectivity index (χ2v) is 5.44. The molecule has 2 aromatic rings. The van der Waals surface area contributed by atoms with Crippen molar-refractivity contribution in [3.63, 3.8) is 0 Å². The number of ether oxygens (including phenoxy) is 1. The van der Waals surface area contributed by atoms with Crippen LogP contribution in [0.5, 0.6) is 0 Å². The third-order valence-corrected chi connectivity index (χ3v) is 3.45. The monoisotopic (exact) mass is 289 g/mol. The van der Waals surface area contributed by atoms with Crippen molar-refractivity contribution in [1.29, 1.82) is 5.26 Å². The summed E-state index contributed by atoms with van der Waals surface area (Å²) < 4.78 is 8.29. The normalized spacial score (nSPS) is 11.1. The fourth-order valence-electron chi connectivity index (χ4n) is 2.14. The zero-order valence-electron chi connectivity index (χ0n) is 11.8. The molecule has 1 N–H and O–H groups in total. The van der Waals surface area contributed by atoms with Crippen molar-refractivity contribution >= 4 is 23.3 Å². The summed E-state index contributed by atoms with van der Waals surface area (Å²) in [4.78, 5) is 3.17. The van der Waals surface area contributed by atoms with E-state index < -0.39 is 0 Å². The Morgan fingerprint density at radius 2 is 2.20 bits per heavy atom. The first-order valence-electron chi connectivity index (χ1n) is 6.86. The second kappa shape index (κ2) is 6.69. The SMILES string of the molecule is CC(C)OCCCCn1c(=S)[nH]c2ccc(C#N)cc21. The van der Waals surface area contributed by atoms with Gasteiger partial charge >= 0.3 is 0 Å². The molecule has 0 fully saturated rings. The van der Waals surface area contributed by atoms with Crippen LogP contribution in [0.3, 0.4) is 0 Å². The summed E-state index contributed by atoms with van der Waals surface area (Å²) in [5.41, 5.74) is 2.63. The fourth-order valence-corrected chi connectivity index (χ4v) is 2.43. The molecule has 0 atom stereocenters. The number of fused-ring (bicyclic) bond motifs is 1. The van der Waals surface area contributed by atoms with Gasteiger partial charge in [-0.05, 0) is 57.1 Å². The van der Waals surface area contributed by atoms with Gasteiger partial charge in [0, 0.05) is 13.2 Å². The Kier molecular flexibility index (Phi) is 4.94. The number of H-pyrrole nitrogens is 1. The molecule has 0 spiro atoms. The summed E-state index contributed by atoms with van der Waals surface area (Å²) in [5.74, 6) is 0. The highest BCUT2D eigenvalue weighted by molar-refractivity contribution is 7.71. The Morgan fingerprint density at radius 3 is 2.90 bits per heavy atom. The van der Waals surface area contributed by atoms with Crippen LogP contribution in [0, 0.1) is 16.1 Å². The lowest BCUT2D eigenvalue weighted by atomic mass is 10.2. The van der Waals surface area contributed by atoms with Crippen molar-refractivity contribution < 1.29 is 4.74 Å². The number of nitriles is 1. The molecule has 1 aromatic carbocycles. The van der Waals surface area contributed by atoms with E-state index in [1.165, 1.54) is 0 Å². The van der Waals surface area contributed by atoms with Gasteiger partial charge in [-0.3, -0.25) is 0 Å². The summed E-state index contributed by atoms with van der Waals surface area (Å²) in [5, 5.41) is 8.98. The molecule has 0 aliphatic carbocycles. The Labute approximate surface area is 124 Å². The molecule has 0 aliphatic rings. The van der Waals surface area contributed by atoms with Crippen LogP contribution in [0.15, 0.2) is 18.2 Å². The highest BCUT2D eigenvalue weighted by Crippen LogP contribution is 2.16. The largest absolute Gasteiger partial charge is 0.379 e. The first-order valence-corrected chi connectivity index (χ1v) is 7.27. The maximum Gasteiger partial charge on any atom is 0.178 e. The summed E-state index contributed by atoms with van der Waals surface area (Å²) in [6, 6.07) is 7.75. The van der Waals surface area contributed by atoms with E-state index in [0.717, 1.165) is 37.0 Å². The van der Waals surface area contributed by atoms with Gasteiger partial charge in [0.05, 0.1) is 28.8 Å². The molecule has 1 heterocycles. The molecule has 4 nitrogen and oxygen atoms in total. The van der Waals surface area contributed by atoms with E-state index >= 15 is 0 Å². The van der Waals surface area contributed by atoms with Gasteiger partial charge in [0.2, 0.25) is 0 Å². The first-order chi connectivity index (χ1) is 9.61. The highest BCUT2D eigenvalue weighted by atomic mass is 32.1. The minimum Gasteiger partial charge on any atom is -0.379 e. The topological polar surface area (TPSA) is 53.7 Å². The van der Waals surface area contributed by atoms with Gasteiger partial charge in [-0.2, -0.15) is 5.26 Å². The van der Waals surface area contributed by atoms with Gasteiger partial charge in [0.1, 0.15) is 0 Å². The maximum absolute atomic E-state index is 8.98. The number of hydrogen-bond donors (Lipinski definition) is 1. The van der Waals surface area contributed by atoms with E-state index in [0.29, 0.717) is 10.3 Å². The summed E-state index contributed by atoms with van der Waals surface area (Å²) in [6.45, 7) is 5.70. The number of benzene rings is 1. The van der Waals surface area contributed by atoms with Crippen molar-refractivity contribution in [3.05, 3.63) is 28.5 Å². The van der Waals surface area contributed by atoms with E-state index in [1.54, 1.807) is 6.07 Å². The second-order valence-electron chi connectivity index (χ2n) is 5.05. The lowest BCUT2D eigenvalue weighted by molar-refractivity contribution is 0.0755. The Hall–Kier alpha value is -1.64. The summed E-state index contributed by atoms with van der Waals surface area (Å²) in [6.07, 6.45) is 2.29. The lowest BCUT2D eigenvalue weighted by Crippen LogP contribution is -2.05. The molecule has 20 heavy (non-hydrogen) atoms. The van der Waals surface area contributed by atoms with Crippen molar-refractivity contribution in [2.45, 2.75) is 39.3 Å². The van der Waals surface area contributed by atoms with E-state index in [-0.39, 0.29) is 6.10 Å². The summed E-state index contributed by atoms with van der Waals surface area (Å²) in [7, 11) is 0. The van der Waals surface area contributed by atoms with Crippen molar-refractivity contribution in [1.82, 2.24) is 9.55 Å². The number of hydrogen-bond acceptors (Lipinski definition) is 3. The van der Waals surface area contributed by atoms with Crippen LogP contribution in [-0.2, 0) is 11.3 Å². The number of aromatic amines is 1. The van der Waals surface area contributed by atoms with E-state index in [4.69, 9.17) is 22.2 Å². The van der Waals surface area contributed by atoms with E-state index in [9.17, 15) is 0 Å². The maximum atomic E-state index is 8.98.